The number of thiophene rings is 1. The van der Waals surface area contributed by atoms with Crippen LogP contribution in [-0.4, -0.2) is 5.91 Å². The average molecular weight is 260 g/mol. The number of amides is 1. The zero-order chi connectivity index (χ0) is 12.5. The predicted molar refractivity (Wildman–Crippen MR) is 71.2 cm³/mol. The van der Waals surface area contributed by atoms with Gasteiger partial charge in [-0.1, -0.05) is 6.42 Å². The van der Waals surface area contributed by atoms with Crippen LogP contribution in [0, 0.1) is 29.1 Å². The lowest BCUT2D eigenvalue weighted by Gasteiger charge is -2.20. The van der Waals surface area contributed by atoms with Crippen LogP contribution in [0.4, 0.5) is 5.00 Å². The van der Waals surface area contributed by atoms with Crippen molar-refractivity contribution in [2.75, 3.05) is 5.32 Å². The summed E-state index contributed by atoms with van der Waals surface area (Å²) in [5, 5.41) is 14.3. The van der Waals surface area contributed by atoms with E-state index in [0.29, 0.717) is 22.9 Å². The molecule has 1 amide bonds. The number of nitrogens with zero attached hydrogens (tertiary/aromatic N) is 1. The quantitative estimate of drug-likeness (QED) is 0.905. The minimum atomic E-state index is 0.0755. The predicted octanol–water partition coefficient (Wildman–Crippen LogP) is 3.38. The van der Waals surface area contributed by atoms with Crippen LogP contribution in [0.2, 0.25) is 0 Å². The van der Waals surface area contributed by atoms with Crippen molar-refractivity contribution in [3.8, 4) is 6.07 Å². The maximum Gasteiger partial charge on any atom is 0.225 e. The van der Waals surface area contributed by atoms with Crippen molar-refractivity contribution in [1.29, 1.82) is 5.26 Å². The Morgan fingerprint density at radius 3 is 3.06 bits per heavy atom. The Morgan fingerprint density at radius 1 is 1.50 bits per heavy atom. The lowest BCUT2D eigenvalue weighted by molar-refractivity contribution is -0.117. The smallest absolute Gasteiger partial charge is 0.225 e. The zero-order valence-electron chi connectivity index (χ0n) is 10.2. The van der Waals surface area contributed by atoms with E-state index in [2.05, 4.69) is 11.4 Å². The minimum absolute atomic E-state index is 0.0755. The molecule has 0 saturated heterocycles. The van der Waals surface area contributed by atoms with Crippen LogP contribution in [0.1, 0.15) is 37.7 Å². The molecule has 4 heteroatoms. The van der Waals surface area contributed by atoms with Crippen LogP contribution in [0.15, 0.2) is 11.4 Å². The van der Waals surface area contributed by atoms with E-state index in [1.165, 1.54) is 37.0 Å². The van der Waals surface area contributed by atoms with Gasteiger partial charge < -0.3 is 5.32 Å². The minimum Gasteiger partial charge on any atom is -0.317 e. The summed E-state index contributed by atoms with van der Waals surface area (Å²) in [6, 6.07) is 3.85. The topological polar surface area (TPSA) is 52.9 Å². The van der Waals surface area contributed by atoms with Crippen molar-refractivity contribution in [2.45, 2.75) is 32.1 Å². The van der Waals surface area contributed by atoms with Crippen molar-refractivity contribution in [1.82, 2.24) is 0 Å². The van der Waals surface area contributed by atoms with Crippen molar-refractivity contribution < 1.29 is 4.79 Å². The van der Waals surface area contributed by atoms with E-state index in [-0.39, 0.29) is 5.91 Å². The Labute approximate surface area is 111 Å². The second-order valence-electron chi connectivity index (χ2n) is 5.46. The highest BCUT2D eigenvalue weighted by molar-refractivity contribution is 7.14. The molecule has 0 radical (unpaired) electrons. The molecule has 3 atom stereocenters. The molecule has 0 spiro atoms. The molecule has 1 N–H and O–H groups in total. The van der Waals surface area contributed by atoms with Crippen LogP contribution >= 0.6 is 11.3 Å². The van der Waals surface area contributed by atoms with Gasteiger partial charge in [0.1, 0.15) is 11.1 Å². The molecular weight excluding hydrogens is 244 g/mol. The largest absolute Gasteiger partial charge is 0.317 e. The van der Waals surface area contributed by atoms with Gasteiger partial charge >= 0.3 is 0 Å². The second-order valence-corrected chi connectivity index (χ2v) is 6.38. The second kappa shape index (κ2) is 4.74. The van der Waals surface area contributed by atoms with Crippen LogP contribution in [0.5, 0.6) is 0 Å². The first-order valence-electron chi connectivity index (χ1n) is 6.53. The third-order valence-electron chi connectivity index (χ3n) is 4.37. The van der Waals surface area contributed by atoms with Gasteiger partial charge in [0.25, 0.3) is 0 Å². The SMILES string of the molecule is N#Cc1ccsc1NC(=O)C[C@@H]1C[C@H]2CC[C@H]1C2. The first kappa shape index (κ1) is 11.7. The Morgan fingerprint density at radius 2 is 2.39 bits per heavy atom. The summed E-state index contributed by atoms with van der Waals surface area (Å²) in [4.78, 5) is 12.0. The number of hydrogen-bond donors (Lipinski definition) is 1. The average Bonchev–Trinajstić information content (AvgIpc) is 3.04. The third kappa shape index (κ3) is 2.15. The first-order valence-corrected chi connectivity index (χ1v) is 7.41. The molecule has 2 saturated carbocycles. The maximum absolute atomic E-state index is 12.0. The molecule has 2 bridgehead atoms. The summed E-state index contributed by atoms with van der Waals surface area (Å²) in [6.45, 7) is 0. The zero-order valence-corrected chi connectivity index (χ0v) is 11.0. The molecule has 1 aromatic heterocycles. The van der Waals surface area contributed by atoms with Crippen LogP contribution in [-0.2, 0) is 4.79 Å². The molecule has 18 heavy (non-hydrogen) atoms. The maximum atomic E-state index is 12.0. The van der Waals surface area contributed by atoms with E-state index in [1.807, 2.05) is 5.38 Å². The highest BCUT2D eigenvalue weighted by atomic mass is 32.1. The van der Waals surface area contributed by atoms with Gasteiger partial charge in [-0.15, -0.1) is 11.3 Å². The van der Waals surface area contributed by atoms with E-state index >= 15 is 0 Å². The Balaban J connectivity index is 1.58. The molecule has 94 valence electrons. The molecule has 3 nitrogen and oxygen atoms in total. The van der Waals surface area contributed by atoms with Gasteiger partial charge in [0, 0.05) is 6.42 Å². The van der Waals surface area contributed by atoms with E-state index in [9.17, 15) is 4.79 Å². The Kier molecular flexibility index (Phi) is 3.09. The number of anilines is 1. The number of carbonyl (C=O) groups is 1. The summed E-state index contributed by atoms with van der Waals surface area (Å²) < 4.78 is 0. The highest BCUT2D eigenvalue weighted by Gasteiger charge is 2.40. The summed E-state index contributed by atoms with van der Waals surface area (Å²) >= 11 is 1.42. The molecule has 2 aliphatic carbocycles. The summed E-state index contributed by atoms with van der Waals surface area (Å²) in [5.74, 6) is 2.31. The van der Waals surface area contributed by atoms with Crippen molar-refractivity contribution in [3.05, 3.63) is 17.0 Å². The van der Waals surface area contributed by atoms with Crippen LogP contribution < -0.4 is 5.32 Å². The van der Waals surface area contributed by atoms with E-state index in [1.54, 1.807) is 6.07 Å². The molecule has 0 aliphatic heterocycles. The number of nitrogens with one attached hydrogen (secondary N) is 1. The number of nitriles is 1. The van der Waals surface area contributed by atoms with E-state index in [0.717, 1.165) is 11.8 Å². The van der Waals surface area contributed by atoms with Gasteiger partial charge in [0.15, 0.2) is 0 Å². The van der Waals surface area contributed by atoms with Crippen molar-refractivity contribution in [3.63, 3.8) is 0 Å². The number of rotatable bonds is 3. The van der Waals surface area contributed by atoms with Crippen LogP contribution in [0.25, 0.3) is 0 Å². The molecule has 2 fully saturated rings. The standard InChI is InChI=1S/C14H16N2OS/c15-8-11-3-4-18-14(11)16-13(17)7-12-6-9-1-2-10(12)5-9/h3-4,9-10,12H,1-2,5-7H2,(H,16,17)/t9-,10-,12-/m0/s1. The van der Waals surface area contributed by atoms with Crippen molar-refractivity contribution >= 4 is 22.2 Å². The van der Waals surface area contributed by atoms with Gasteiger partial charge in [0.05, 0.1) is 5.56 Å². The first-order chi connectivity index (χ1) is 8.76. The molecular formula is C14H16N2OS. The van der Waals surface area contributed by atoms with Crippen LogP contribution in [0.3, 0.4) is 0 Å². The summed E-state index contributed by atoms with van der Waals surface area (Å²) in [6.07, 6.45) is 5.87. The van der Waals surface area contributed by atoms with Gasteiger partial charge in [-0.25, -0.2) is 0 Å². The number of hydrogen-bond acceptors (Lipinski definition) is 3. The molecule has 3 rings (SSSR count). The summed E-state index contributed by atoms with van der Waals surface area (Å²) in [7, 11) is 0. The van der Waals surface area contributed by atoms with Gasteiger partial charge in [0.2, 0.25) is 5.91 Å². The monoisotopic (exact) mass is 260 g/mol. The van der Waals surface area contributed by atoms with Gasteiger partial charge in [-0.05, 0) is 48.5 Å². The van der Waals surface area contributed by atoms with Gasteiger partial charge in [-0.2, -0.15) is 5.26 Å². The third-order valence-corrected chi connectivity index (χ3v) is 5.20. The lowest BCUT2D eigenvalue weighted by atomic mass is 9.86. The fourth-order valence-corrected chi connectivity index (χ4v) is 4.29. The molecule has 2 aliphatic rings. The highest BCUT2D eigenvalue weighted by Crippen LogP contribution is 2.49. The van der Waals surface area contributed by atoms with E-state index in [4.69, 9.17) is 5.26 Å². The lowest BCUT2D eigenvalue weighted by Crippen LogP contribution is -2.20. The molecule has 1 aromatic rings. The van der Waals surface area contributed by atoms with Gasteiger partial charge in [-0.3, -0.25) is 4.79 Å². The number of fused-ring (bicyclic) bond motifs is 2. The van der Waals surface area contributed by atoms with Crippen molar-refractivity contribution in [2.24, 2.45) is 17.8 Å². The number of carbonyl (C=O) groups excluding carboxylic acids is 1. The van der Waals surface area contributed by atoms with E-state index < -0.39 is 0 Å². The summed E-state index contributed by atoms with van der Waals surface area (Å²) in [5.41, 5.74) is 0.571. The molecule has 0 aromatic carbocycles. The fourth-order valence-electron chi connectivity index (χ4n) is 3.54. The normalized spacial score (nSPS) is 29.2. The fraction of sp³-hybridized carbons (Fsp3) is 0.571. The Hall–Kier alpha value is -1.34. The molecule has 0 unspecified atom stereocenters. The Bertz CT molecular complexity index is 502. The molecule has 1 heterocycles.